The number of carbonyl (C=O) groups excluding carboxylic acids is 1. The minimum Gasteiger partial charge on any atom is -0.392 e. The molecule has 0 radical (unpaired) electrons. The number of aliphatic hydroxyl groups is 1. The predicted molar refractivity (Wildman–Crippen MR) is 116 cm³/mol. The number of carbonyl (C=O) groups is 1. The topological polar surface area (TPSA) is 88.6 Å². The fourth-order valence-electron chi connectivity index (χ4n) is 3.32. The van der Waals surface area contributed by atoms with E-state index in [0.29, 0.717) is 22.0 Å². The highest BCUT2D eigenvalue weighted by Gasteiger charge is 2.18. The van der Waals surface area contributed by atoms with Gasteiger partial charge in [0.2, 0.25) is 5.91 Å². The van der Waals surface area contributed by atoms with Gasteiger partial charge in [0.05, 0.1) is 23.0 Å². The largest absolute Gasteiger partial charge is 0.392 e. The number of benzene rings is 2. The average Bonchev–Trinajstić information content (AvgIpc) is 3.12. The third-order valence-corrected chi connectivity index (χ3v) is 5.09. The average molecular weight is 423 g/mol. The maximum atomic E-state index is 13.0. The molecule has 0 aliphatic heterocycles. The molecule has 0 aliphatic rings. The second kappa shape index (κ2) is 8.14. The molecule has 2 aromatic carbocycles. The lowest BCUT2D eigenvalue weighted by Crippen LogP contribution is -2.28. The molecule has 0 saturated heterocycles. The highest BCUT2D eigenvalue weighted by molar-refractivity contribution is 6.33. The van der Waals surface area contributed by atoms with Gasteiger partial charge in [0.25, 0.3) is 5.56 Å². The molecule has 152 valence electrons. The van der Waals surface area contributed by atoms with Crippen molar-refractivity contribution in [1.82, 2.24) is 14.2 Å². The SMILES string of the molecule is Cc1ccc(NC(=O)Cn2ccn3nc(-c4ccccc4)c(CO)c3c2=O)c(Cl)c1. The summed E-state index contributed by atoms with van der Waals surface area (Å²) in [5.74, 6) is -0.388. The van der Waals surface area contributed by atoms with Gasteiger partial charge in [-0.15, -0.1) is 0 Å². The van der Waals surface area contributed by atoms with Crippen LogP contribution in [0, 0.1) is 6.92 Å². The zero-order valence-corrected chi connectivity index (χ0v) is 16.9. The molecule has 7 nitrogen and oxygen atoms in total. The highest BCUT2D eigenvalue weighted by Crippen LogP contribution is 2.25. The summed E-state index contributed by atoms with van der Waals surface area (Å²) < 4.78 is 2.71. The molecule has 2 heterocycles. The minimum atomic E-state index is -0.415. The molecule has 0 spiro atoms. The minimum absolute atomic E-state index is 0.198. The first kappa shape index (κ1) is 19.9. The zero-order valence-electron chi connectivity index (χ0n) is 16.2. The van der Waals surface area contributed by atoms with E-state index < -0.39 is 5.56 Å². The fourth-order valence-corrected chi connectivity index (χ4v) is 3.60. The molecule has 4 rings (SSSR count). The predicted octanol–water partition coefficient (Wildman–Crippen LogP) is 3.26. The molecule has 30 heavy (non-hydrogen) atoms. The number of nitrogens with zero attached hydrogens (tertiary/aromatic N) is 3. The first-order valence-electron chi connectivity index (χ1n) is 9.31. The number of fused-ring (bicyclic) bond motifs is 1. The van der Waals surface area contributed by atoms with Crippen molar-refractivity contribution in [1.29, 1.82) is 0 Å². The van der Waals surface area contributed by atoms with Gasteiger partial charge in [0, 0.05) is 23.5 Å². The fraction of sp³-hybridized carbons (Fsp3) is 0.136. The van der Waals surface area contributed by atoms with E-state index >= 15 is 0 Å². The van der Waals surface area contributed by atoms with Crippen LogP contribution in [0.5, 0.6) is 0 Å². The number of halogens is 1. The monoisotopic (exact) mass is 422 g/mol. The van der Waals surface area contributed by atoms with E-state index in [9.17, 15) is 14.7 Å². The van der Waals surface area contributed by atoms with Crippen LogP contribution >= 0.6 is 11.6 Å². The summed E-state index contributed by atoms with van der Waals surface area (Å²) in [6.07, 6.45) is 3.09. The highest BCUT2D eigenvalue weighted by atomic mass is 35.5. The molecule has 0 fully saturated rings. The van der Waals surface area contributed by atoms with E-state index in [2.05, 4.69) is 10.4 Å². The lowest BCUT2D eigenvalue weighted by molar-refractivity contribution is -0.116. The summed E-state index contributed by atoms with van der Waals surface area (Å²) in [7, 11) is 0. The lowest BCUT2D eigenvalue weighted by atomic mass is 10.1. The number of hydrogen-bond donors (Lipinski definition) is 2. The molecule has 0 unspecified atom stereocenters. The van der Waals surface area contributed by atoms with Gasteiger partial charge in [-0.1, -0.05) is 48.0 Å². The van der Waals surface area contributed by atoms with Gasteiger partial charge in [-0.2, -0.15) is 5.10 Å². The Bertz CT molecular complexity index is 1300. The maximum Gasteiger partial charge on any atom is 0.277 e. The van der Waals surface area contributed by atoms with Gasteiger partial charge in [-0.25, -0.2) is 4.52 Å². The van der Waals surface area contributed by atoms with E-state index in [0.717, 1.165) is 11.1 Å². The standard InChI is InChI=1S/C22H19ClN4O3/c1-14-7-8-18(17(23)11-14)24-19(29)12-26-9-10-27-21(22(26)30)16(13-28)20(25-27)15-5-3-2-4-6-15/h2-11,28H,12-13H2,1H3,(H,24,29). The Hall–Kier alpha value is -3.42. The molecule has 0 bridgehead atoms. The quantitative estimate of drug-likeness (QED) is 0.516. The molecule has 0 aliphatic carbocycles. The first-order chi connectivity index (χ1) is 14.5. The third-order valence-electron chi connectivity index (χ3n) is 4.78. The van der Waals surface area contributed by atoms with Crippen LogP contribution in [0.3, 0.4) is 0 Å². The number of hydrogen-bond acceptors (Lipinski definition) is 4. The van der Waals surface area contributed by atoms with Crippen LogP contribution in [0.1, 0.15) is 11.1 Å². The van der Waals surface area contributed by atoms with Gasteiger partial charge < -0.3 is 15.0 Å². The normalized spacial score (nSPS) is 11.0. The van der Waals surface area contributed by atoms with Crippen molar-refractivity contribution in [3.8, 4) is 11.3 Å². The van der Waals surface area contributed by atoms with Crippen molar-refractivity contribution in [2.75, 3.05) is 5.32 Å². The van der Waals surface area contributed by atoms with Crippen LogP contribution in [0.25, 0.3) is 16.8 Å². The van der Waals surface area contributed by atoms with E-state index in [1.807, 2.05) is 43.3 Å². The molecular formula is C22H19ClN4O3. The van der Waals surface area contributed by atoms with Crippen LogP contribution in [0.15, 0.2) is 65.7 Å². The number of aromatic nitrogens is 3. The molecule has 0 atom stereocenters. The van der Waals surface area contributed by atoms with Gasteiger partial charge in [-0.05, 0) is 24.6 Å². The number of aryl methyl sites for hydroxylation is 1. The lowest BCUT2D eigenvalue weighted by Gasteiger charge is -2.10. The van der Waals surface area contributed by atoms with Gasteiger partial charge in [0.1, 0.15) is 12.1 Å². The van der Waals surface area contributed by atoms with E-state index in [1.165, 1.54) is 15.3 Å². The second-order valence-electron chi connectivity index (χ2n) is 6.91. The van der Waals surface area contributed by atoms with Crippen molar-refractivity contribution in [2.45, 2.75) is 20.1 Å². The molecule has 2 N–H and O–H groups in total. The summed E-state index contributed by atoms with van der Waals surface area (Å²) in [5, 5.41) is 17.5. The maximum absolute atomic E-state index is 13.0. The van der Waals surface area contributed by atoms with Crippen LogP contribution in [0.2, 0.25) is 5.02 Å². The molecule has 2 aromatic heterocycles. The number of aliphatic hydroxyl groups excluding tert-OH is 1. The van der Waals surface area contributed by atoms with Gasteiger partial charge in [0.15, 0.2) is 0 Å². The van der Waals surface area contributed by atoms with Crippen molar-refractivity contribution < 1.29 is 9.90 Å². The Morgan fingerprint density at radius 2 is 1.93 bits per heavy atom. The van der Waals surface area contributed by atoms with E-state index in [4.69, 9.17) is 11.6 Å². The second-order valence-corrected chi connectivity index (χ2v) is 7.31. The number of nitrogens with one attached hydrogen (secondary N) is 1. The van der Waals surface area contributed by atoms with Gasteiger partial charge >= 0.3 is 0 Å². The summed E-state index contributed by atoms with van der Waals surface area (Å²) in [6.45, 7) is 1.36. The Morgan fingerprint density at radius 3 is 2.63 bits per heavy atom. The van der Waals surface area contributed by atoms with Crippen molar-refractivity contribution in [3.63, 3.8) is 0 Å². The number of anilines is 1. The Balaban J connectivity index is 1.68. The molecule has 8 heteroatoms. The molecular weight excluding hydrogens is 404 g/mol. The Morgan fingerprint density at radius 1 is 1.17 bits per heavy atom. The smallest absolute Gasteiger partial charge is 0.277 e. The summed E-state index contributed by atoms with van der Waals surface area (Å²) >= 11 is 6.16. The van der Waals surface area contributed by atoms with Crippen LogP contribution in [-0.2, 0) is 17.9 Å². The zero-order chi connectivity index (χ0) is 21.3. The van der Waals surface area contributed by atoms with Crippen molar-refractivity contribution in [3.05, 3.63) is 87.4 Å². The summed E-state index contributed by atoms with van der Waals surface area (Å²) in [6, 6.07) is 14.6. The molecule has 1 amide bonds. The summed E-state index contributed by atoms with van der Waals surface area (Å²) in [5.41, 5.74) is 3.02. The van der Waals surface area contributed by atoms with Crippen molar-refractivity contribution in [2.24, 2.45) is 0 Å². The van der Waals surface area contributed by atoms with E-state index in [1.54, 1.807) is 18.3 Å². The third kappa shape index (κ3) is 3.72. The number of amides is 1. The van der Waals surface area contributed by atoms with Crippen LogP contribution < -0.4 is 10.9 Å². The van der Waals surface area contributed by atoms with Crippen LogP contribution in [-0.4, -0.2) is 25.2 Å². The Kier molecular flexibility index (Phi) is 5.39. The molecule has 4 aromatic rings. The van der Waals surface area contributed by atoms with Crippen LogP contribution in [0.4, 0.5) is 5.69 Å². The van der Waals surface area contributed by atoms with Gasteiger partial charge in [-0.3, -0.25) is 9.59 Å². The number of rotatable bonds is 5. The molecule has 0 saturated carbocycles. The summed E-state index contributed by atoms with van der Waals surface area (Å²) in [4.78, 5) is 25.5. The van der Waals surface area contributed by atoms with E-state index in [-0.39, 0.29) is 24.6 Å². The van der Waals surface area contributed by atoms with Crippen molar-refractivity contribution >= 4 is 28.7 Å². The Labute approximate surface area is 177 Å². The first-order valence-corrected chi connectivity index (χ1v) is 9.68.